The molecule has 0 spiro atoms. The fourth-order valence-electron chi connectivity index (χ4n) is 4.63. The minimum Gasteiger partial charge on any atom is -0.461 e. The van der Waals surface area contributed by atoms with E-state index in [9.17, 15) is 29.2 Å². The summed E-state index contributed by atoms with van der Waals surface area (Å²) in [6.45, 7) is 1.15. The van der Waals surface area contributed by atoms with Crippen molar-refractivity contribution in [2.75, 3.05) is 6.61 Å². The number of hydrogen-bond acceptors (Lipinski definition) is 10. The van der Waals surface area contributed by atoms with Crippen molar-refractivity contribution < 1.29 is 42.5 Å². The summed E-state index contributed by atoms with van der Waals surface area (Å²) in [5.41, 5.74) is -4.16. The van der Waals surface area contributed by atoms with Crippen molar-refractivity contribution in [1.29, 1.82) is 0 Å². The van der Waals surface area contributed by atoms with Gasteiger partial charge in [0.05, 0.1) is 0 Å². The quantitative estimate of drug-likeness (QED) is 0.236. The zero-order valence-electron chi connectivity index (χ0n) is 22.0. The van der Waals surface area contributed by atoms with Crippen LogP contribution in [-0.4, -0.2) is 62.0 Å². The number of carbonyl (C=O) groups is 1. The standard InChI is InChI=1S/C25H33FN3O10P/c1-16(20(31)37-17-9-5-3-6-10-17)28-40(35,39-18-11-7-4-8-12-18)36-15-25(26)21(32)24(2,34)22(38-25)29-14-13-19(30)27-23(29)33/h4,7-8,11-14,16-17,21-22,32,34H,3,5-6,9-10,15H2,1-2H3,(H,28,35)(H,27,30,33)/t16-,21+,22-,24-,25-,40?/m1/s1. The Morgan fingerprint density at radius 1 is 1.25 bits per heavy atom. The van der Waals surface area contributed by atoms with E-state index in [1.165, 1.54) is 19.1 Å². The summed E-state index contributed by atoms with van der Waals surface area (Å²) in [6, 6.07) is 7.51. The summed E-state index contributed by atoms with van der Waals surface area (Å²) in [5, 5.41) is 23.9. The SMILES string of the molecule is C[C@@H](NP(=O)(OC[C@@]1(F)O[C@@H](n2ccc(=O)[nH]c2=O)[C@](C)(O)[C@@H]1O)Oc1ccccc1)C(=O)OC1CCCCC1. The van der Waals surface area contributed by atoms with Crippen molar-refractivity contribution in [3.63, 3.8) is 0 Å². The molecule has 6 atom stereocenters. The van der Waals surface area contributed by atoms with Crippen LogP contribution in [0.25, 0.3) is 0 Å². The molecule has 1 aliphatic heterocycles. The molecule has 4 N–H and O–H groups in total. The van der Waals surface area contributed by atoms with E-state index in [4.69, 9.17) is 18.5 Å². The number of ether oxygens (including phenoxy) is 2. The molecule has 15 heteroatoms. The lowest BCUT2D eigenvalue weighted by Crippen LogP contribution is -2.50. The van der Waals surface area contributed by atoms with Crippen molar-refractivity contribution in [2.45, 2.75) is 81.9 Å². The highest BCUT2D eigenvalue weighted by Gasteiger charge is 2.63. The number of alkyl halides is 1. The van der Waals surface area contributed by atoms with Gasteiger partial charge < -0.3 is 24.2 Å². The van der Waals surface area contributed by atoms with Gasteiger partial charge in [0.2, 0.25) is 0 Å². The van der Waals surface area contributed by atoms with Crippen LogP contribution in [0.2, 0.25) is 0 Å². The highest BCUT2D eigenvalue weighted by molar-refractivity contribution is 7.52. The van der Waals surface area contributed by atoms with E-state index >= 15 is 4.39 Å². The Bertz CT molecular complexity index is 1350. The van der Waals surface area contributed by atoms with Crippen LogP contribution in [-0.2, 0) is 23.4 Å². The zero-order valence-corrected chi connectivity index (χ0v) is 22.9. The number of hydrogen-bond donors (Lipinski definition) is 4. The van der Waals surface area contributed by atoms with Gasteiger partial charge in [0.1, 0.15) is 36.2 Å². The molecule has 0 bridgehead atoms. The van der Waals surface area contributed by atoms with Crippen molar-refractivity contribution in [3.8, 4) is 5.75 Å². The van der Waals surface area contributed by atoms with E-state index in [1.807, 2.05) is 4.98 Å². The Kier molecular flexibility index (Phi) is 8.98. The summed E-state index contributed by atoms with van der Waals surface area (Å²) < 4.78 is 52.0. The lowest BCUT2D eigenvalue weighted by molar-refractivity contribution is -0.204. The number of esters is 1. The Morgan fingerprint density at radius 3 is 2.58 bits per heavy atom. The highest BCUT2D eigenvalue weighted by atomic mass is 31.2. The van der Waals surface area contributed by atoms with Gasteiger partial charge in [-0.05, 0) is 51.7 Å². The summed E-state index contributed by atoms with van der Waals surface area (Å²) in [5.74, 6) is -3.84. The van der Waals surface area contributed by atoms with Crippen LogP contribution in [0.4, 0.5) is 4.39 Å². The third-order valence-electron chi connectivity index (χ3n) is 6.81. The number of nitrogens with one attached hydrogen (secondary N) is 2. The average molecular weight is 586 g/mol. The van der Waals surface area contributed by atoms with Gasteiger partial charge in [0.25, 0.3) is 11.4 Å². The number of benzene rings is 1. The molecule has 2 fully saturated rings. The number of aromatic nitrogens is 2. The van der Waals surface area contributed by atoms with Gasteiger partial charge in [0.15, 0.2) is 6.23 Å². The molecular weight excluding hydrogens is 552 g/mol. The fourth-order valence-corrected chi connectivity index (χ4v) is 6.13. The van der Waals surface area contributed by atoms with Crippen molar-refractivity contribution in [1.82, 2.24) is 14.6 Å². The number of carbonyl (C=O) groups excluding carboxylic acids is 1. The molecule has 4 rings (SSSR count). The van der Waals surface area contributed by atoms with Crippen LogP contribution in [0.15, 0.2) is 52.2 Å². The average Bonchev–Trinajstić information content (AvgIpc) is 3.09. The number of aliphatic hydroxyl groups is 2. The van der Waals surface area contributed by atoms with Crippen LogP contribution in [0.5, 0.6) is 5.75 Å². The molecule has 220 valence electrons. The first-order valence-electron chi connectivity index (χ1n) is 12.9. The number of para-hydroxylation sites is 1. The molecule has 0 amide bonds. The smallest absolute Gasteiger partial charge is 0.459 e. The molecular formula is C25H33FN3O10P. The van der Waals surface area contributed by atoms with Gasteiger partial charge >= 0.3 is 19.4 Å². The molecule has 1 aromatic heterocycles. The van der Waals surface area contributed by atoms with Crippen LogP contribution in [0, 0.1) is 0 Å². The Labute approximate surface area is 228 Å². The molecule has 2 aliphatic rings. The molecule has 1 unspecified atom stereocenters. The summed E-state index contributed by atoms with van der Waals surface area (Å²) >= 11 is 0. The third kappa shape index (κ3) is 6.70. The number of nitrogens with zero attached hydrogens (tertiary/aromatic N) is 1. The van der Waals surface area contributed by atoms with E-state index < -0.39 is 61.4 Å². The minimum absolute atomic E-state index is 0.0663. The van der Waals surface area contributed by atoms with Gasteiger partial charge in [-0.3, -0.25) is 23.7 Å². The van der Waals surface area contributed by atoms with Gasteiger partial charge in [-0.2, -0.15) is 5.09 Å². The van der Waals surface area contributed by atoms with E-state index in [-0.39, 0.29) is 11.9 Å². The zero-order chi connectivity index (χ0) is 29.1. The van der Waals surface area contributed by atoms with E-state index in [2.05, 4.69) is 5.09 Å². The second-order valence-electron chi connectivity index (χ2n) is 10.1. The molecule has 13 nitrogen and oxygen atoms in total. The normalized spacial score (nSPS) is 29.4. The van der Waals surface area contributed by atoms with Crippen LogP contribution >= 0.6 is 7.75 Å². The monoisotopic (exact) mass is 585 g/mol. The number of H-pyrrole nitrogens is 1. The predicted octanol–water partition coefficient (Wildman–Crippen LogP) is 1.90. The molecule has 1 saturated carbocycles. The van der Waals surface area contributed by atoms with Gasteiger partial charge in [-0.25, -0.2) is 13.8 Å². The first-order valence-corrected chi connectivity index (χ1v) is 14.4. The maximum absolute atomic E-state index is 16.0. The molecule has 1 aliphatic carbocycles. The van der Waals surface area contributed by atoms with Crippen LogP contribution < -0.4 is 20.9 Å². The topological polar surface area (TPSA) is 178 Å². The number of aromatic amines is 1. The maximum atomic E-state index is 16.0. The fraction of sp³-hybridized carbons (Fsp3) is 0.560. The second kappa shape index (κ2) is 11.9. The van der Waals surface area contributed by atoms with Crippen molar-refractivity contribution in [2.24, 2.45) is 0 Å². The Hall–Kier alpha value is -2.87. The van der Waals surface area contributed by atoms with Crippen LogP contribution in [0.3, 0.4) is 0 Å². The summed E-state index contributed by atoms with van der Waals surface area (Å²) in [7, 11) is -4.56. The number of rotatable bonds is 10. The highest BCUT2D eigenvalue weighted by Crippen LogP contribution is 2.50. The van der Waals surface area contributed by atoms with Gasteiger partial charge in [0, 0.05) is 12.3 Å². The van der Waals surface area contributed by atoms with Crippen molar-refractivity contribution >= 4 is 13.7 Å². The largest absolute Gasteiger partial charge is 0.461 e. The Balaban J connectivity index is 1.53. The molecule has 2 heterocycles. The Morgan fingerprint density at radius 2 is 1.93 bits per heavy atom. The molecule has 1 saturated heterocycles. The molecule has 0 radical (unpaired) electrons. The second-order valence-corrected chi connectivity index (χ2v) is 11.8. The lowest BCUT2D eigenvalue weighted by atomic mass is 9.95. The third-order valence-corrected chi connectivity index (χ3v) is 8.44. The first kappa shape index (κ1) is 30.1. The van der Waals surface area contributed by atoms with Crippen LogP contribution in [0.1, 0.15) is 52.2 Å². The number of halogens is 1. The molecule has 2 aromatic rings. The molecule has 40 heavy (non-hydrogen) atoms. The van der Waals surface area contributed by atoms with E-state index in [1.54, 1.807) is 18.2 Å². The van der Waals surface area contributed by atoms with E-state index in [0.29, 0.717) is 17.4 Å². The predicted molar refractivity (Wildman–Crippen MR) is 138 cm³/mol. The molecule has 1 aromatic carbocycles. The minimum atomic E-state index is -4.56. The number of aliphatic hydroxyl groups excluding tert-OH is 1. The maximum Gasteiger partial charge on any atom is 0.459 e. The van der Waals surface area contributed by atoms with Gasteiger partial charge in [-0.1, -0.05) is 24.6 Å². The summed E-state index contributed by atoms with van der Waals surface area (Å²) in [4.78, 5) is 38.3. The summed E-state index contributed by atoms with van der Waals surface area (Å²) in [6.07, 6.45) is 0.925. The van der Waals surface area contributed by atoms with Crippen molar-refractivity contribution in [3.05, 3.63) is 63.4 Å². The first-order chi connectivity index (χ1) is 18.8. The van der Waals surface area contributed by atoms with Gasteiger partial charge in [-0.15, -0.1) is 0 Å². The lowest BCUT2D eigenvalue weighted by Gasteiger charge is -2.29. The van der Waals surface area contributed by atoms with E-state index in [0.717, 1.165) is 38.4 Å².